The Morgan fingerprint density at radius 1 is 1.25 bits per heavy atom. The van der Waals surface area contributed by atoms with Gasteiger partial charge in [0.15, 0.2) is 0 Å². The van der Waals surface area contributed by atoms with Crippen molar-refractivity contribution < 1.29 is 0 Å². The van der Waals surface area contributed by atoms with Crippen LogP contribution in [0.25, 0.3) is 0 Å². The highest BCUT2D eigenvalue weighted by atomic mass is 32.1. The van der Waals surface area contributed by atoms with E-state index in [9.17, 15) is 0 Å². The van der Waals surface area contributed by atoms with Crippen LogP contribution < -0.4 is 0 Å². The summed E-state index contributed by atoms with van der Waals surface area (Å²) in [5, 5.41) is 0. The Kier molecular flexibility index (Phi) is 0.910. The lowest BCUT2D eigenvalue weighted by molar-refractivity contribution is 0.515. The first-order chi connectivity index (χ1) is 3.81. The molecule has 0 atom stereocenters. The molecule has 0 aromatic heterocycles. The number of rotatable bonds is 0. The Morgan fingerprint density at radius 2 is 2.00 bits per heavy atom. The minimum atomic E-state index is 0.766. The molecule has 0 N–H and O–H groups in total. The maximum absolute atomic E-state index is 4.28. The van der Waals surface area contributed by atoms with Crippen molar-refractivity contribution in [3.63, 3.8) is 0 Å². The summed E-state index contributed by atoms with van der Waals surface area (Å²) in [6, 6.07) is 0. The third kappa shape index (κ3) is 0.669. The highest BCUT2D eigenvalue weighted by molar-refractivity contribution is 7.77. The van der Waals surface area contributed by atoms with Gasteiger partial charge in [-0.2, -0.15) is 0 Å². The highest BCUT2D eigenvalue weighted by Crippen LogP contribution is 2.52. The van der Waals surface area contributed by atoms with E-state index in [1.54, 1.807) is 0 Å². The Labute approximate surface area is 55.6 Å². The van der Waals surface area contributed by atoms with Gasteiger partial charge in [-0.3, -0.25) is 4.31 Å². The summed E-state index contributed by atoms with van der Waals surface area (Å²) in [4.78, 5) is 0. The van der Waals surface area contributed by atoms with Crippen LogP contribution in [0.4, 0.5) is 0 Å². The quantitative estimate of drug-likeness (QED) is 0.483. The molecule has 2 aliphatic rings. The molecule has 1 nitrogen and oxygen atoms in total. The van der Waals surface area contributed by atoms with Crippen LogP contribution in [-0.4, -0.2) is 17.4 Å². The zero-order valence-electron chi connectivity index (χ0n) is 4.93. The first kappa shape index (κ1) is 5.12. The molecule has 1 aliphatic heterocycles. The van der Waals surface area contributed by atoms with Crippen molar-refractivity contribution in [2.75, 3.05) is 13.1 Å². The van der Waals surface area contributed by atoms with Crippen molar-refractivity contribution in [3.8, 4) is 0 Å². The lowest BCUT2D eigenvalue weighted by Crippen LogP contribution is -2.07. The number of thiol groups is 1. The molecule has 46 valence electrons. The van der Waals surface area contributed by atoms with E-state index in [0.717, 1.165) is 5.41 Å². The third-order valence-corrected chi connectivity index (χ3v) is 2.72. The Bertz CT molecular complexity index is 109. The zero-order valence-corrected chi connectivity index (χ0v) is 5.82. The molecule has 0 aromatic rings. The van der Waals surface area contributed by atoms with E-state index in [1.807, 2.05) is 0 Å². The highest BCUT2D eigenvalue weighted by Gasteiger charge is 2.46. The second kappa shape index (κ2) is 1.42. The second-order valence-corrected chi connectivity index (χ2v) is 3.70. The number of hydrogen-bond acceptors (Lipinski definition) is 2. The average molecular weight is 129 g/mol. The summed E-state index contributed by atoms with van der Waals surface area (Å²) in [5.41, 5.74) is 0.766. The summed E-state index contributed by atoms with van der Waals surface area (Å²) >= 11 is 4.28. The summed E-state index contributed by atoms with van der Waals surface area (Å²) in [5.74, 6) is 0. The van der Waals surface area contributed by atoms with Crippen molar-refractivity contribution in [1.29, 1.82) is 0 Å². The van der Waals surface area contributed by atoms with Gasteiger partial charge >= 0.3 is 0 Å². The van der Waals surface area contributed by atoms with Crippen molar-refractivity contribution in [1.82, 2.24) is 4.31 Å². The molecule has 1 saturated heterocycles. The molecule has 1 saturated carbocycles. The molecule has 1 spiro atoms. The lowest BCUT2D eigenvalue weighted by Gasteiger charge is -2.03. The standard InChI is InChI=1S/C6H11NS/c8-7-4-3-6(5-7)1-2-6/h8H,1-5H2. The summed E-state index contributed by atoms with van der Waals surface area (Å²) < 4.78 is 2.15. The molecule has 2 fully saturated rings. The van der Waals surface area contributed by atoms with E-state index in [2.05, 4.69) is 17.1 Å². The number of nitrogens with zero attached hydrogens (tertiary/aromatic N) is 1. The fourth-order valence-corrected chi connectivity index (χ4v) is 1.90. The van der Waals surface area contributed by atoms with E-state index in [-0.39, 0.29) is 0 Å². The number of hydrogen-bond donors (Lipinski definition) is 1. The van der Waals surface area contributed by atoms with Crippen molar-refractivity contribution in [3.05, 3.63) is 0 Å². The lowest BCUT2D eigenvalue weighted by atomic mass is 10.1. The summed E-state index contributed by atoms with van der Waals surface area (Å²) in [7, 11) is 0. The topological polar surface area (TPSA) is 3.24 Å². The Hall–Kier alpha value is 0.310. The van der Waals surface area contributed by atoms with E-state index in [1.165, 1.54) is 32.4 Å². The van der Waals surface area contributed by atoms with E-state index in [0.29, 0.717) is 0 Å². The van der Waals surface area contributed by atoms with Crippen molar-refractivity contribution >= 4 is 12.8 Å². The Balaban J connectivity index is 2.03. The van der Waals surface area contributed by atoms with Crippen LogP contribution in [0.5, 0.6) is 0 Å². The minimum Gasteiger partial charge on any atom is -0.253 e. The van der Waals surface area contributed by atoms with Crippen LogP contribution >= 0.6 is 12.8 Å². The SMILES string of the molecule is SN1CCC2(CC2)C1. The molecular formula is C6H11NS. The molecule has 0 amide bonds. The molecule has 2 heteroatoms. The fraction of sp³-hybridized carbons (Fsp3) is 1.00. The second-order valence-electron chi connectivity index (χ2n) is 3.14. The van der Waals surface area contributed by atoms with Crippen LogP contribution in [0, 0.1) is 5.41 Å². The molecule has 0 radical (unpaired) electrons. The molecule has 8 heavy (non-hydrogen) atoms. The predicted octanol–water partition coefficient (Wildman–Crippen LogP) is 1.32. The molecule has 1 aliphatic carbocycles. The van der Waals surface area contributed by atoms with Gasteiger partial charge in [0.05, 0.1) is 0 Å². The van der Waals surface area contributed by atoms with E-state index < -0.39 is 0 Å². The smallest absolute Gasteiger partial charge is 0.0144 e. The van der Waals surface area contributed by atoms with Gasteiger partial charge in [0.1, 0.15) is 0 Å². The van der Waals surface area contributed by atoms with Crippen LogP contribution in [-0.2, 0) is 0 Å². The van der Waals surface area contributed by atoms with Crippen molar-refractivity contribution in [2.24, 2.45) is 5.41 Å². The van der Waals surface area contributed by atoms with Gasteiger partial charge in [-0.05, 0) is 24.7 Å². The molecule has 0 unspecified atom stereocenters. The van der Waals surface area contributed by atoms with E-state index >= 15 is 0 Å². The first-order valence-electron chi connectivity index (χ1n) is 3.25. The molecule has 0 bridgehead atoms. The van der Waals surface area contributed by atoms with Gasteiger partial charge in [0, 0.05) is 13.1 Å². The normalized spacial score (nSPS) is 34.1. The molecule has 1 heterocycles. The fourth-order valence-electron chi connectivity index (χ4n) is 1.50. The maximum atomic E-state index is 4.28. The van der Waals surface area contributed by atoms with Gasteiger partial charge in [0.2, 0.25) is 0 Å². The minimum absolute atomic E-state index is 0.766. The van der Waals surface area contributed by atoms with Crippen LogP contribution in [0.2, 0.25) is 0 Å². The third-order valence-electron chi connectivity index (χ3n) is 2.38. The van der Waals surface area contributed by atoms with Gasteiger partial charge in [-0.25, -0.2) is 0 Å². The largest absolute Gasteiger partial charge is 0.253 e. The average Bonchev–Trinajstić information content (AvgIpc) is 2.34. The van der Waals surface area contributed by atoms with Gasteiger partial charge in [-0.1, -0.05) is 12.8 Å². The van der Waals surface area contributed by atoms with Crippen LogP contribution in [0.1, 0.15) is 19.3 Å². The zero-order chi connectivity index (χ0) is 5.61. The first-order valence-corrected chi connectivity index (χ1v) is 3.65. The Morgan fingerprint density at radius 3 is 2.25 bits per heavy atom. The molecule has 0 aromatic carbocycles. The summed E-state index contributed by atoms with van der Waals surface area (Å²) in [6.07, 6.45) is 4.32. The van der Waals surface area contributed by atoms with Gasteiger partial charge in [-0.15, -0.1) is 0 Å². The van der Waals surface area contributed by atoms with Crippen LogP contribution in [0.3, 0.4) is 0 Å². The van der Waals surface area contributed by atoms with Gasteiger partial charge < -0.3 is 0 Å². The van der Waals surface area contributed by atoms with Gasteiger partial charge in [0.25, 0.3) is 0 Å². The van der Waals surface area contributed by atoms with Crippen molar-refractivity contribution in [2.45, 2.75) is 19.3 Å². The maximum Gasteiger partial charge on any atom is 0.0144 e. The molecular weight excluding hydrogens is 118 g/mol. The molecule has 2 rings (SSSR count). The van der Waals surface area contributed by atoms with E-state index in [4.69, 9.17) is 0 Å². The monoisotopic (exact) mass is 129 g/mol. The summed E-state index contributed by atoms with van der Waals surface area (Å²) in [6.45, 7) is 2.46. The predicted molar refractivity (Wildman–Crippen MR) is 36.8 cm³/mol. The van der Waals surface area contributed by atoms with Crippen LogP contribution in [0.15, 0.2) is 0 Å².